The van der Waals surface area contributed by atoms with Crippen molar-refractivity contribution in [1.82, 2.24) is 9.78 Å². The SMILES string of the molecule is [B-]c1n(-c2ccccc2)nc2[n+]1CCC2. The van der Waals surface area contributed by atoms with Crippen molar-refractivity contribution in [2.75, 3.05) is 0 Å². The van der Waals surface area contributed by atoms with Crippen LogP contribution in [0.25, 0.3) is 5.69 Å². The Morgan fingerprint density at radius 1 is 1.27 bits per heavy atom. The number of hydrogen-bond acceptors (Lipinski definition) is 1. The van der Waals surface area contributed by atoms with Gasteiger partial charge in [-0.2, -0.15) is 0 Å². The molecule has 0 saturated carbocycles. The van der Waals surface area contributed by atoms with Crippen LogP contribution in [0.5, 0.6) is 0 Å². The van der Waals surface area contributed by atoms with Crippen LogP contribution in [0.2, 0.25) is 0 Å². The van der Waals surface area contributed by atoms with Gasteiger partial charge in [0.25, 0.3) is 5.82 Å². The molecule has 15 heavy (non-hydrogen) atoms. The Labute approximate surface area is 89.8 Å². The van der Waals surface area contributed by atoms with Crippen LogP contribution in [0.4, 0.5) is 0 Å². The first kappa shape index (κ1) is 8.71. The summed E-state index contributed by atoms with van der Waals surface area (Å²) in [5, 5.41) is 4.52. The van der Waals surface area contributed by atoms with E-state index in [0.717, 1.165) is 36.6 Å². The first-order valence-corrected chi connectivity index (χ1v) is 5.19. The normalized spacial score (nSPS) is 14.2. The smallest absolute Gasteiger partial charge is 0.274 e. The summed E-state index contributed by atoms with van der Waals surface area (Å²) in [5.74, 6) is 1.09. The summed E-state index contributed by atoms with van der Waals surface area (Å²) < 4.78 is 3.90. The number of aromatic nitrogens is 3. The minimum absolute atomic E-state index is 0.730. The fourth-order valence-corrected chi connectivity index (χ4v) is 2.05. The van der Waals surface area contributed by atoms with Gasteiger partial charge in [0, 0.05) is 11.5 Å². The molecule has 0 unspecified atom stereocenters. The number of para-hydroxylation sites is 1. The van der Waals surface area contributed by atoms with Crippen molar-refractivity contribution in [3.8, 4) is 5.69 Å². The van der Waals surface area contributed by atoms with E-state index in [9.17, 15) is 0 Å². The lowest BCUT2D eigenvalue weighted by Gasteiger charge is -2.06. The summed E-state index contributed by atoms with van der Waals surface area (Å²) in [6.45, 7) is 0.994. The quantitative estimate of drug-likeness (QED) is 0.461. The van der Waals surface area contributed by atoms with Gasteiger partial charge in [0.2, 0.25) is 0 Å². The van der Waals surface area contributed by atoms with Gasteiger partial charge in [-0.15, -0.1) is 4.68 Å². The highest BCUT2D eigenvalue weighted by atomic mass is 15.4. The monoisotopic (exact) mass is 196 g/mol. The molecule has 0 amide bonds. The van der Waals surface area contributed by atoms with Crippen molar-refractivity contribution < 1.29 is 4.57 Å². The van der Waals surface area contributed by atoms with Crippen LogP contribution in [0, 0.1) is 0 Å². The van der Waals surface area contributed by atoms with Crippen molar-refractivity contribution in [1.29, 1.82) is 0 Å². The van der Waals surface area contributed by atoms with Gasteiger partial charge in [0.1, 0.15) is 5.69 Å². The molecule has 0 bridgehead atoms. The number of nitrogens with zero attached hydrogens (tertiary/aromatic N) is 3. The Morgan fingerprint density at radius 3 is 2.80 bits per heavy atom. The lowest BCUT2D eigenvalue weighted by Crippen LogP contribution is -2.49. The number of rotatable bonds is 1. The van der Waals surface area contributed by atoms with E-state index in [2.05, 4.69) is 9.67 Å². The molecule has 2 aromatic rings. The van der Waals surface area contributed by atoms with Crippen molar-refractivity contribution in [2.24, 2.45) is 0 Å². The fourth-order valence-electron chi connectivity index (χ4n) is 2.05. The second kappa shape index (κ2) is 3.23. The van der Waals surface area contributed by atoms with Crippen LogP contribution in [0.1, 0.15) is 12.2 Å². The molecule has 3 radical (unpaired) electrons. The molecule has 0 aliphatic carbocycles. The molecular weight excluding hydrogens is 185 g/mol. The molecule has 0 fully saturated rings. The topological polar surface area (TPSA) is 21.7 Å². The molecule has 1 aromatic heterocycles. The molecule has 1 aromatic carbocycles. The minimum atomic E-state index is 0.730. The van der Waals surface area contributed by atoms with Crippen LogP contribution >= 0.6 is 0 Å². The third-order valence-corrected chi connectivity index (χ3v) is 2.80. The van der Waals surface area contributed by atoms with E-state index >= 15 is 0 Å². The van der Waals surface area contributed by atoms with Gasteiger partial charge in [-0.1, -0.05) is 18.2 Å². The maximum atomic E-state index is 6.05. The molecule has 0 atom stereocenters. The minimum Gasteiger partial charge on any atom is -0.478 e. The Balaban J connectivity index is 2.14. The second-order valence-electron chi connectivity index (χ2n) is 3.78. The first-order chi connectivity index (χ1) is 7.36. The number of aryl methyl sites for hydroxylation is 1. The molecule has 4 heteroatoms. The van der Waals surface area contributed by atoms with Gasteiger partial charge in [-0.3, -0.25) is 4.57 Å². The van der Waals surface area contributed by atoms with Crippen LogP contribution < -0.4 is 10.3 Å². The van der Waals surface area contributed by atoms with E-state index in [-0.39, 0.29) is 0 Å². The molecule has 3 nitrogen and oxygen atoms in total. The van der Waals surface area contributed by atoms with E-state index < -0.39 is 0 Å². The first-order valence-electron chi connectivity index (χ1n) is 5.19. The van der Waals surface area contributed by atoms with Gasteiger partial charge in [0.15, 0.2) is 0 Å². The summed E-state index contributed by atoms with van der Waals surface area (Å²) in [6.07, 6.45) is 2.19. The van der Waals surface area contributed by atoms with Crippen molar-refractivity contribution >= 4 is 13.6 Å². The third kappa shape index (κ3) is 1.28. The van der Waals surface area contributed by atoms with E-state index in [0.29, 0.717) is 0 Å². The molecule has 73 valence electrons. The largest absolute Gasteiger partial charge is 0.478 e. The zero-order chi connectivity index (χ0) is 10.3. The lowest BCUT2D eigenvalue weighted by molar-refractivity contribution is -0.673. The number of fused-ring (bicyclic) bond motifs is 1. The Hall–Kier alpha value is -1.58. The Kier molecular flexibility index (Phi) is 1.87. The van der Waals surface area contributed by atoms with Crippen molar-refractivity contribution in [3.63, 3.8) is 0 Å². The number of benzene rings is 1. The highest BCUT2D eigenvalue weighted by molar-refractivity contribution is 6.28. The average molecular weight is 196 g/mol. The fraction of sp³-hybridized carbons (Fsp3) is 0.273. The van der Waals surface area contributed by atoms with Crippen molar-refractivity contribution in [2.45, 2.75) is 19.4 Å². The molecule has 2 heterocycles. The lowest BCUT2D eigenvalue weighted by atomic mass is 10.1. The average Bonchev–Trinajstić information content (AvgIpc) is 2.83. The summed E-state index contributed by atoms with van der Waals surface area (Å²) in [4.78, 5) is 0. The van der Waals surface area contributed by atoms with Crippen LogP contribution in [0.15, 0.2) is 30.3 Å². The van der Waals surface area contributed by atoms with Gasteiger partial charge in [-0.05, 0) is 24.3 Å². The van der Waals surface area contributed by atoms with Crippen LogP contribution in [0.3, 0.4) is 0 Å². The highest BCUT2D eigenvalue weighted by Crippen LogP contribution is 2.06. The van der Waals surface area contributed by atoms with Crippen LogP contribution in [-0.2, 0) is 13.0 Å². The molecule has 3 rings (SSSR count). The number of hydrogen-bond donors (Lipinski definition) is 0. The molecule has 1 aliphatic rings. The molecule has 1 aliphatic heterocycles. The third-order valence-electron chi connectivity index (χ3n) is 2.80. The van der Waals surface area contributed by atoms with Gasteiger partial charge < -0.3 is 7.85 Å². The molecule has 0 N–H and O–H groups in total. The molecule has 0 saturated heterocycles. The van der Waals surface area contributed by atoms with Crippen molar-refractivity contribution in [3.05, 3.63) is 36.2 Å². The summed E-state index contributed by atoms with van der Waals surface area (Å²) >= 11 is 0. The van der Waals surface area contributed by atoms with E-state index in [1.807, 2.05) is 35.0 Å². The summed E-state index contributed by atoms with van der Waals surface area (Å²) in [5.41, 5.74) is 1.76. The zero-order valence-electron chi connectivity index (χ0n) is 8.43. The summed E-state index contributed by atoms with van der Waals surface area (Å²) in [7, 11) is 6.05. The predicted molar refractivity (Wildman–Crippen MR) is 57.5 cm³/mol. The zero-order valence-corrected chi connectivity index (χ0v) is 8.43. The van der Waals surface area contributed by atoms with Gasteiger partial charge in [0.05, 0.1) is 6.54 Å². The standard InChI is InChI=1S/C11H11BN3/c12-11-14-8-4-7-10(14)13-15(11)9-5-2-1-3-6-9/h1-3,5-6H,4,7-8H2. The van der Waals surface area contributed by atoms with E-state index in [1.54, 1.807) is 0 Å². The summed E-state index contributed by atoms with van der Waals surface area (Å²) in [6, 6.07) is 10.0. The van der Waals surface area contributed by atoms with Crippen LogP contribution in [-0.4, -0.2) is 17.6 Å². The van der Waals surface area contributed by atoms with Gasteiger partial charge >= 0.3 is 0 Å². The van der Waals surface area contributed by atoms with E-state index in [1.165, 1.54) is 0 Å². The predicted octanol–water partition coefficient (Wildman–Crippen LogP) is -0.100. The Morgan fingerprint density at radius 2 is 2.07 bits per heavy atom. The maximum absolute atomic E-state index is 6.05. The second-order valence-corrected chi connectivity index (χ2v) is 3.78. The highest BCUT2D eigenvalue weighted by Gasteiger charge is 2.22. The molecule has 0 spiro atoms. The molecular formula is C11H11BN3. The van der Waals surface area contributed by atoms with Gasteiger partial charge in [-0.25, -0.2) is 0 Å². The van der Waals surface area contributed by atoms with E-state index in [4.69, 9.17) is 7.85 Å². The maximum Gasteiger partial charge on any atom is 0.274 e. The Bertz CT molecular complexity index is 490.